The largest absolute Gasteiger partial charge is 0.463 e. The lowest BCUT2D eigenvalue weighted by atomic mass is 10.1. The molecule has 0 fully saturated rings. The van der Waals surface area contributed by atoms with Crippen molar-refractivity contribution in [3.8, 4) is 0 Å². The molecule has 0 aliphatic heterocycles. The van der Waals surface area contributed by atoms with Crippen LogP contribution in [0.2, 0.25) is 5.02 Å². The second-order valence-electron chi connectivity index (χ2n) is 5.84. The molecule has 0 spiro atoms. The predicted molar refractivity (Wildman–Crippen MR) is 89.1 cm³/mol. The Morgan fingerprint density at radius 2 is 1.91 bits per heavy atom. The molecule has 0 saturated heterocycles. The monoisotopic (exact) mass is 337 g/mol. The van der Waals surface area contributed by atoms with Crippen LogP contribution in [0.1, 0.15) is 54.7 Å². The van der Waals surface area contributed by atoms with Crippen LogP contribution >= 0.6 is 11.6 Å². The number of hydrogen-bond donors (Lipinski definition) is 1. The van der Waals surface area contributed by atoms with E-state index in [-0.39, 0.29) is 23.8 Å². The number of halogens is 1. The molecule has 0 radical (unpaired) electrons. The van der Waals surface area contributed by atoms with Crippen LogP contribution in [0.3, 0.4) is 0 Å². The van der Waals surface area contributed by atoms with Crippen molar-refractivity contribution in [1.29, 1.82) is 0 Å². The molecule has 2 aromatic rings. The Hall–Kier alpha value is -2.08. The van der Waals surface area contributed by atoms with E-state index in [4.69, 9.17) is 16.3 Å². The van der Waals surface area contributed by atoms with Crippen molar-refractivity contribution in [2.24, 2.45) is 0 Å². The van der Waals surface area contributed by atoms with Crippen LogP contribution in [-0.4, -0.2) is 34.6 Å². The van der Waals surface area contributed by atoms with Gasteiger partial charge < -0.3 is 14.6 Å². The molecule has 0 aliphatic rings. The molecule has 1 heterocycles. The third-order valence-corrected chi connectivity index (χ3v) is 3.64. The fourth-order valence-electron chi connectivity index (χ4n) is 2.39. The highest BCUT2D eigenvalue weighted by atomic mass is 35.5. The Bertz CT molecular complexity index is 766. The van der Waals surface area contributed by atoms with Gasteiger partial charge >= 0.3 is 5.97 Å². The minimum atomic E-state index is -0.529. The summed E-state index contributed by atoms with van der Waals surface area (Å²) in [5, 5.41) is 3.11. The van der Waals surface area contributed by atoms with E-state index in [1.807, 2.05) is 27.7 Å². The number of carbonyl (C=O) groups is 2. The molecule has 6 nitrogen and oxygen atoms in total. The molecule has 7 heteroatoms. The summed E-state index contributed by atoms with van der Waals surface area (Å²) < 4.78 is 6.53. The van der Waals surface area contributed by atoms with Gasteiger partial charge in [-0.2, -0.15) is 0 Å². The number of carbonyl (C=O) groups excluding carboxylic acids is 2. The third-order valence-electron chi connectivity index (χ3n) is 3.33. The maximum Gasteiger partial charge on any atom is 0.374 e. The molecule has 0 bridgehead atoms. The minimum Gasteiger partial charge on any atom is -0.463 e. The summed E-state index contributed by atoms with van der Waals surface area (Å²) >= 11 is 6.26. The third kappa shape index (κ3) is 3.32. The van der Waals surface area contributed by atoms with Gasteiger partial charge in [-0.15, -0.1) is 0 Å². The van der Waals surface area contributed by atoms with Gasteiger partial charge in [0.2, 0.25) is 5.82 Å². The van der Waals surface area contributed by atoms with E-state index in [9.17, 15) is 9.59 Å². The summed E-state index contributed by atoms with van der Waals surface area (Å²) in [6, 6.07) is 3.24. The fraction of sp³-hybridized carbons (Fsp3) is 0.438. The summed E-state index contributed by atoms with van der Waals surface area (Å²) in [6.45, 7) is 7.60. The zero-order chi connectivity index (χ0) is 17.3. The van der Waals surface area contributed by atoms with Crippen LogP contribution in [0.4, 0.5) is 0 Å². The molecule has 124 valence electrons. The lowest BCUT2D eigenvalue weighted by Gasteiger charge is -2.13. The number of aromatic nitrogens is 2. The first-order chi connectivity index (χ1) is 10.8. The SMILES string of the molecule is COC(=O)c1nc2cc(C(=O)NC(C)C)c(Cl)cc2n1C(C)C. The predicted octanol–water partition coefficient (Wildman–Crippen LogP) is 3.20. The van der Waals surface area contributed by atoms with Gasteiger partial charge in [0.25, 0.3) is 5.91 Å². The van der Waals surface area contributed by atoms with Gasteiger partial charge in [-0.1, -0.05) is 11.6 Å². The van der Waals surface area contributed by atoms with E-state index in [0.29, 0.717) is 21.6 Å². The number of rotatable bonds is 4. The number of ether oxygens (including phenoxy) is 1. The van der Waals surface area contributed by atoms with Crippen molar-refractivity contribution in [3.63, 3.8) is 0 Å². The Morgan fingerprint density at radius 3 is 2.43 bits per heavy atom. The molecule has 0 atom stereocenters. The summed E-state index contributed by atoms with van der Waals surface area (Å²) in [5.41, 5.74) is 1.54. The number of benzene rings is 1. The highest BCUT2D eigenvalue weighted by Gasteiger charge is 2.22. The Labute approximate surface area is 139 Å². The molecule has 2 rings (SSSR count). The number of imidazole rings is 1. The fourth-order valence-corrected chi connectivity index (χ4v) is 2.63. The van der Waals surface area contributed by atoms with Crippen LogP contribution in [0.5, 0.6) is 0 Å². The van der Waals surface area contributed by atoms with Gasteiger partial charge in [0.1, 0.15) is 0 Å². The van der Waals surface area contributed by atoms with Crippen LogP contribution in [0.25, 0.3) is 11.0 Å². The van der Waals surface area contributed by atoms with Gasteiger partial charge in [-0.05, 0) is 39.8 Å². The number of hydrogen-bond acceptors (Lipinski definition) is 4. The van der Waals surface area contributed by atoms with Gasteiger partial charge in [-0.25, -0.2) is 9.78 Å². The number of nitrogens with one attached hydrogen (secondary N) is 1. The average molecular weight is 338 g/mol. The Morgan fingerprint density at radius 1 is 1.26 bits per heavy atom. The highest BCUT2D eigenvalue weighted by Crippen LogP contribution is 2.27. The van der Waals surface area contributed by atoms with Crippen LogP contribution < -0.4 is 5.32 Å². The molecular formula is C16H20ClN3O3. The number of nitrogens with zero attached hydrogens (tertiary/aromatic N) is 2. The van der Waals surface area contributed by atoms with Crippen LogP contribution in [-0.2, 0) is 4.74 Å². The van der Waals surface area contributed by atoms with Crippen molar-refractivity contribution >= 4 is 34.5 Å². The molecule has 1 aromatic heterocycles. The first-order valence-electron chi connectivity index (χ1n) is 7.37. The van der Waals surface area contributed by atoms with E-state index in [2.05, 4.69) is 10.3 Å². The number of methoxy groups -OCH3 is 1. The van der Waals surface area contributed by atoms with Crippen molar-refractivity contribution in [3.05, 3.63) is 28.5 Å². The lowest BCUT2D eigenvalue weighted by Crippen LogP contribution is -2.30. The minimum absolute atomic E-state index is 0.00637. The smallest absolute Gasteiger partial charge is 0.374 e. The highest BCUT2D eigenvalue weighted by molar-refractivity contribution is 6.34. The Kier molecular flexibility index (Phi) is 4.94. The van der Waals surface area contributed by atoms with E-state index in [1.165, 1.54) is 7.11 Å². The molecule has 1 N–H and O–H groups in total. The summed E-state index contributed by atoms with van der Waals surface area (Å²) in [7, 11) is 1.31. The van der Waals surface area contributed by atoms with Crippen molar-refractivity contribution < 1.29 is 14.3 Å². The van der Waals surface area contributed by atoms with Crippen molar-refractivity contribution in [2.75, 3.05) is 7.11 Å². The molecular weight excluding hydrogens is 318 g/mol. The van der Waals surface area contributed by atoms with E-state index < -0.39 is 5.97 Å². The summed E-state index contributed by atoms with van der Waals surface area (Å²) in [6.07, 6.45) is 0. The van der Waals surface area contributed by atoms with Crippen molar-refractivity contribution in [1.82, 2.24) is 14.9 Å². The number of fused-ring (bicyclic) bond motifs is 1. The van der Waals surface area contributed by atoms with E-state index in [0.717, 1.165) is 0 Å². The van der Waals surface area contributed by atoms with Crippen LogP contribution in [0, 0.1) is 0 Å². The second-order valence-corrected chi connectivity index (χ2v) is 6.25. The van der Waals surface area contributed by atoms with Gasteiger partial charge in [0.05, 0.1) is 28.7 Å². The van der Waals surface area contributed by atoms with Gasteiger partial charge in [0, 0.05) is 12.1 Å². The van der Waals surface area contributed by atoms with E-state index >= 15 is 0 Å². The number of amides is 1. The topological polar surface area (TPSA) is 73.2 Å². The molecule has 0 saturated carbocycles. The maximum atomic E-state index is 12.2. The van der Waals surface area contributed by atoms with E-state index in [1.54, 1.807) is 16.7 Å². The molecule has 1 amide bonds. The Balaban J connectivity index is 2.65. The quantitative estimate of drug-likeness (QED) is 0.869. The molecule has 1 aromatic carbocycles. The molecule has 0 aliphatic carbocycles. The first kappa shape index (κ1) is 17.3. The zero-order valence-electron chi connectivity index (χ0n) is 13.8. The average Bonchev–Trinajstić information content (AvgIpc) is 2.83. The van der Waals surface area contributed by atoms with Crippen LogP contribution in [0.15, 0.2) is 12.1 Å². The summed E-state index contributed by atoms with van der Waals surface area (Å²) in [4.78, 5) is 28.5. The summed E-state index contributed by atoms with van der Waals surface area (Å²) in [5.74, 6) is -0.611. The zero-order valence-corrected chi connectivity index (χ0v) is 14.6. The number of esters is 1. The van der Waals surface area contributed by atoms with Gasteiger partial charge in [-0.3, -0.25) is 4.79 Å². The second kappa shape index (κ2) is 6.58. The standard InChI is InChI=1S/C16H20ClN3O3/c1-8(2)18-15(21)10-6-12-13(7-11(10)17)20(9(3)4)14(19-12)16(22)23-5/h6-9H,1-5H3,(H,18,21). The van der Waals surface area contributed by atoms with Gasteiger partial charge in [0.15, 0.2) is 0 Å². The molecule has 0 unspecified atom stereocenters. The molecule has 23 heavy (non-hydrogen) atoms. The normalized spacial score (nSPS) is 11.3. The van der Waals surface area contributed by atoms with Crippen molar-refractivity contribution in [2.45, 2.75) is 39.8 Å². The first-order valence-corrected chi connectivity index (χ1v) is 7.74. The lowest BCUT2D eigenvalue weighted by molar-refractivity contribution is 0.0580. The maximum absolute atomic E-state index is 12.2.